The van der Waals surface area contributed by atoms with Crippen LogP contribution in [0.25, 0.3) is 0 Å². The Morgan fingerprint density at radius 2 is 1.91 bits per heavy atom. The first-order valence-corrected chi connectivity index (χ1v) is 3.44. The van der Waals surface area contributed by atoms with E-state index in [1.807, 2.05) is 11.8 Å². The second-order valence-corrected chi connectivity index (χ2v) is 2.84. The van der Waals surface area contributed by atoms with Gasteiger partial charge in [-0.15, -0.1) is 0 Å². The molecular weight excluding hydrogens is 181 g/mol. The van der Waals surface area contributed by atoms with E-state index in [1.54, 1.807) is 0 Å². The molecule has 0 N–H and O–H groups in total. The fourth-order valence-electron chi connectivity index (χ4n) is 0.916. The summed E-state index contributed by atoms with van der Waals surface area (Å²) in [4.78, 5) is 1.81. The molecule has 2 unspecified atom stereocenters. The summed E-state index contributed by atoms with van der Waals surface area (Å²) in [5.41, 5.74) is 0. The molecule has 0 saturated carbocycles. The van der Waals surface area contributed by atoms with Crippen molar-refractivity contribution in [3.05, 3.63) is 0 Å². The zero-order valence-corrected chi connectivity index (χ0v) is 9.98. The minimum absolute atomic E-state index is 0. The third-order valence-electron chi connectivity index (χ3n) is 1.73. The molecule has 1 nitrogen and oxygen atoms in total. The van der Waals surface area contributed by atoms with Crippen LogP contribution in [-0.4, -0.2) is 31.0 Å². The van der Waals surface area contributed by atoms with Gasteiger partial charge in [-0.25, -0.2) is 0 Å². The summed E-state index contributed by atoms with van der Waals surface area (Å²) in [5, 5.41) is 0. The van der Waals surface area contributed by atoms with Gasteiger partial charge in [0.05, 0.1) is 0 Å². The van der Waals surface area contributed by atoms with Crippen LogP contribution >= 0.6 is 0 Å². The molecule has 2 atom stereocenters. The Hall–Kier alpha value is 1.45. The minimum atomic E-state index is -4.55. The second kappa shape index (κ2) is 4.62. The summed E-state index contributed by atoms with van der Waals surface area (Å²) in [7, 11) is 0. The van der Waals surface area contributed by atoms with Crippen molar-refractivity contribution in [1.82, 2.24) is 4.90 Å². The van der Waals surface area contributed by atoms with Gasteiger partial charge >= 0.3 is 58.4 Å². The van der Waals surface area contributed by atoms with Crippen LogP contribution in [0.2, 0.25) is 6.32 Å². The van der Waals surface area contributed by atoms with Crippen molar-refractivity contribution in [3.63, 3.8) is 0 Å². The molecule has 0 radical (unpaired) electrons. The van der Waals surface area contributed by atoms with Crippen LogP contribution in [0.1, 0.15) is 6.92 Å². The Labute approximate surface area is 107 Å². The summed E-state index contributed by atoms with van der Waals surface area (Å²) < 4.78 is 34.8. The average Bonchev–Trinajstić information content (AvgIpc) is 2.40. The van der Waals surface area contributed by atoms with E-state index in [1.165, 1.54) is 0 Å². The summed E-state index contributed by atoms with van der Waals surface area (Å²) in [6, 6.07) is 0.387. The van der Waals surface area contributed by atoms with Crippen LogP contribution in [-0.2, 0) is 0 Å². The molecule has 0 bridgehead atoms. The van der Waals surface area contributed by atoms with Crippen LogP contribution < -0.4 is 51.4 Å². The van der Waals surface area contributed by atoms with Crippen molar-refractivity contribution < 1.29 is 64.3 Å². The van der Waals surface area contributed by atoms with Gasteiger partial charge in [-0.1, -0.05) is 6.32 Å². The van der Waals surface area contributed by atoms with Gasteiger partial charge in [-0.3, -0.25) is 0 Å². The fraction of sp³-hybridized carbons (Fsp3) is 1.00. The average molecular weight is 191 g/mol. The van der Waals surface area contributed by atoms with Crippen LogP contribution in [0.5, 0.6) is 0 Å². The van der Waals surface area contributed by atoms with E-state index in [0.29, 0.717) is 6.04 Å². The van der Waals surface area contributed by atoms with E-state index in [-0.39, 0.29) is 57.9 Å². The first-order chi connectivity index (χ1) is 4.49. The van der Waals surface area contributed by atoms with Crippen molar-refractivity contribution in [1.29, 1.82) is 0 Å². The van der Waals surface area contributed by atoms with Gasteiger partial charge in [0.1, 0.15) is 0 Å². The molecule has 1 saturated heterocycles. The number of halogens is 3. The second-order valence-electron chi connectivity index (χ2n) is 2.84. The maximum Gasteiger partial charge on any atom is 1.00 e. The number of rotatable bonds is 3. The molecule has 1 aliphatic heterocycles. The molecule has 1 heterocycles. The van der Waals surface area contributed by atoms with E-state index >= 15 is 0 Å². The molecule has 0 aliphatic carbocycles. The van der Waals surface area contributed by atoms with E-state index in [4.69, 9.17) is 0 Å². The molecule has 11 heavy (non-hydrogen) atoms. The maximum atomic E-state index is 11.6. The number of hydrogen-bond acceptors (Lipinski definition) is 1. The summed E-state index contributed by atoms with van der Waals surface area (Å²) in [6.45, 7) is -1.58. The molecule has 1 fully saturated rings. The van der Waals surface area contributed by atoms with Crippen molar-refractivity contribution in [2.75, 3.05) is 13.1 Å². The first-order valence-electron chi connectivity index (χ1n) is 3.44. The Morgan fingerprint density at radius 1 is 1.45 bits per heavy atom. The SMILES string of the molecule is CC1CN1CC[B-](F)(F)F.[K+]. The Balaban J connectivity index is 0.000001000. The smallest absolute Gasteiger partial charge is 0.449 e. The molecular formula is C5H10BF3KN. The molecule has 6 heteroatoms. The van der Waals surface area contributed by atoms with E-state index < -0.39 is 13.3 Å². The summed E-state index contributed by atoms with van der Waals surface area (Å²) in [5.74, 6) is 0. The van der Waals surface area contributed by atoms with Crippen molar-refractivity contribution in [3.8, 4) is 0 Å². The molecule has 1 aliphatic rings. The topological polar surface area (TPSA) is 3.01 Å². The van der Waals surface area contributed by atoms with Gasteiger partial charge < -0.3 is 17.8 Å². The van der Waals surface area contributed by atoms with Crippen molar-refractivity contribution >= 4 is 6.98 Å². The molecule has 60 valence electrons. The third-order valence-corrected chi connectivity index (χ3v) is 1.73. The minimum Gasteiger partial charge on any atom is -0.449 e. The van der Waals surface area contributed by atoms with E-state index in [0.717, 1.165) is 6.54 Å². The van der Waals surface area contributed by atoms with Gasteiger partial charge in [0.25, 0.3) is 0 Å². The quantitative estimate of drug-likeness (QED) is 0.389. The van der Waals surface area contributed by atoms with E-state index in [2.05, 4.69) is 0 Å². The molecule has 0 aromatic carbocycles. The van der Waals surface area contributed by atoms with Gasteiger partial charge in [-0.05, 0) is 13.5 Å². The molecule has 0 aromatic heterocycles. The number of hydrogen-bond donors (Lipinski definition) is 0. The van der Waals surface area contributed by atoms with Gasteiger partial charge in [-0.2, -0.15) is 0 Å². The molecule has 1 rings (SSSR count). The van der Waals surface area contributed by atoms with Crippen molar-refractivity contribution in [2.24, 2.45) is 0 Å². The summed E-state index contributed by atoms with van der Waals surface area (Å²) >= 11 is 0. The van der Waals surface area contributed by atoms with E-state index in [9.17, 15) is 12.9 Å². The molecule has 0 aromatic rings. The Bertz CT molecular complexity index is 129. The van der Waals surface area contributed by atoms with Crippen LogP contribution in [0.15, 0.2) is 0 Å². The third kappa shape index (κ3) is 5.65. The predicted octanol–water partition coefficient (Wildman–Crippen LogP) is -1.46. The fourth-order valence-corrected chi connectivity index (χ4v) is 0.916. The summed E-state index contributed by atoms with van der Waals surface area (Å²) in [6.07, 6.45) is -0.607. The Kier molecular flexibility index (Phi) is 5.23. The number of nitrogens with zero attached hydrogens (tertiary/aromatic N) is 1. The molecule has 0 spiro atoms. The molecule has 0 amide bonds. The van der Waals surface area contributed by atoms with Gasteiger partial charge in [0.15, 0.2) is 0 Å². The standard InChI is InChI=1S/C5H10BF3N.K/c1-5-4-10(5)3-2-6(7,8)9;/h5H,2-4H2,1H3;/q-1;+1. The zero-order valence-electron chi connectivity index (χ0n) is 6.86. The van der Waals surface area contributed by atoms with Crippen molar-refractivity contribution in [2.45, 2.75) is 19.3 Å². The maximum absolute atomic E-state index is 11.6. The monoisotopic (exact) mass is 191 g/mol. The van der Waals surface area contributed by atoms with Crippen LogP contribution in [0, 0.1) is 0 Å². The van der Waals surface area contributed by atoms with Crippen LogP contribution in [0.4, 0.5) is 12.9 Å². The van der Waals surface area contributed by atoms with Crippen LogP contribution in [0.3, 0.4) is 0 Å². The Morgan fingerprint density at radius 3 is 2.18 bits per heavy atom. The largest absolute Gasteiger partial charge is 1.00 e. The van der Waals surface area contributed by atoms with Gasteiger partial charge in [0.2, 0.25) is 0 Å². The van der Waals surface area contributed by atoms with Gasteiger partial charge in [0, 0.05) is 12.6 Å². The predicted molar refractivity (Wildman–Crippen MR) is 34.9 cm³/mol. The first kappa shape index (κ1) is 12.5. The zero-order chi connectivity index (χ0) is 7.78. The normalized spacial score (nSPS) is 29.5.